The molecule has 1 fully saturated rings. The molecule has 0 bridgehead atoms. The molecule has 114 valence electrons. The molecule has 0 radical (unpaired) electrons. The number of pyridine rings is 1. The number of hydrogen-bond donors (Lipinski definition) is 2. The van der Waals surface area contributed by atoms with Gasteiger partial charge in [-0.1, -0.05) is 13.8 Å². The second-order valence-electron chi connectivity index (χ2n) is 6.12. The summed E-state index contributed by atoms with van der Waals surface area (Å²) < 4.78 is 5.52. The van der Waals surface area contributed by atoms with E-state index in [0.29, 0.717) is 5.56 Å². The molecule has 0 spiro atoms. The van der Waals surface area contributed by atoms with Crippen LogP contribution in [0.5, 0.6) is 0 Å². The van der Waals surface area contributed by atoms with Crippen LogP contribution in [-0.4, -0.2) is 40.7 Å². The zero-order chi connectivity index (χ0) is 15.8. The van der Waals surface area contributed by atoms with Crippen LogP contribution >= 0.6 is 0 Å². The van der Waals surface area contributed by atoms with Crippen molar-refractivity contribution in [1.82, 2.24) is 10.3 Å². The lowest BCUT2D eigenvalue weighted by molar-refractivity contribution is -0.177. The second-order valence-corrected chi connectivity index (χ2v) is 6.12. The predicted octanol–water partition coefficient (Wildman–Crippen LogP) is 1.71. The van der Waals surface area contributed by atoms with Gasteiger partial charge in [-0.2, -0.15) is 0 Å². The molecule has 2 atom stereocenters. The summed E-state index contributed by atoms with van der Waals surface area (Å²) in [6.45, 7) is 6.13. The van der Waals surface area contributed by atoms with E-state index in [0.717, 1.165) is 6.42 Å². The molecule has 2 rings (SSSR count). The normalized spacial score (nSPS) is 26.8. The number of nitrogens with one attached hydrogen (secondary N) is 1. The molecule has 1 heterocycles. The summed E-state index contributed by atoms with van der Waals surface area (Å²) in [5, 5.41) is 11.7. The van der Waals surface area contributed by atoms with Crippen molar-refractivity contribution >= 4 is 11.9 Å². The van der Waals surface area contributed by atoms with Crippen LogP contribution in [0, 0.1) is 5.41 Å². The quantitative estimate of drug-likeness (QED) is 0.882. The summed E-state index contributed by atoms with van der Waals surface area (Å²) in [4.78, 5) is 26.7. The molecule has 2 unspecified atom stereocenters. The molecule has 0 aromatic carbocycles. The van der Waals surface area contributed by atoms with Crippen molar-refractivity contribution in [2.24, 2.45) is 5.41 Å². The molecule has 0 aliphatic heterocycles. The lowest BCUT2D eigenvalue weighted by Crippen LogP contribution is -2.68. The number of amides is 1. The Morgan fingerprint density at radius 1 is 1.38 bits per heavy atom. The summed E-state index contributed by atoms with van der Waals surface area (Å²) >= 11 is 0. The topological polar surface area (TPSA) is 88.5 Å². The monoisotopic (exact) mass is 292 g/mol. The number of aromatic carboxylic acids is 1. The van der Waals surface area contributed by atoms with Gasteiger partial charge >= 0.3 is 5.97 Å². The molecule has 1 saturated carbocycles. The third-order valence-corrected chi connectivity index (χ3v) is 4.83. The number of ether oxygens (including phenoxy) is 1. The van der Waals surface area contributed by atoms with Crippen LogP contribution in [0.1, 0.15) is 48.0 Å². The Balaban J connectivity index is 2.05. The third kappa shape index (κ3) is 2.51. The van der Waals surface area contributed by atoms with E-state index in [2.05, 4.69) is 24.1 Å². The molecular weight excluding hydrogens is 272 g/mol. The fraction of sp³-hybridized carbons (Fsp3) is 0.533. The van der Waals surface area contributed by atoms with Crippen LogP contribution in [0.4, 0.5) is 0 Å². The van der Waals surface area contributed by atoms with Gasteiger partial charge in [0.2, 0.25) is 0 Å². The minimum atomic E-state index is -1.11. The second kappa shape index (κ2) is 5.11. The fourth-order valence-corrected chi connectivity index (χ4v) is 2.62. The highest BCUT2D eigenvalue weighted by Crippen LogP contribution is 2.51. The molecule has 2 N–H and O–H groups in total. The van der Waals surface area contributed by atoms with Crippen LogP contribution in [-0.2, 0) is 4.74 Å². The molecule has 21 heavy (non-hydrogen) atoms. The van der Waals surface area contributed by atoms with Crippen molar-refractivity contribution in [1.29, 1.82) is 0 Å². The van der Waals surface area contributed by atoms with Crippen molar-refractivity contribution in [3.8, 4) is 0 Å². The van der Waals surface area contributed by atoms with Gasteiger partial charge in [0.05, 0.1) is 11.2 Å². The zero-order valence-corrected chi connectivity index (χ0v) is 12.6. The highest BCUT2D eigenvalue weighted by molar-refractivity contribution is 5.95. The van der Waals surface area contributed by atoms with E-state index < -0.39 is 5.97 Å². The van der Waals surface area contributed by atoms with E-state index in [1.165, 1.54) is 18.3 Å². The first-order valence-corrected chi connectivity index (χ1v) is 6.76. The van der Waals surface area contributed by atoms with Gasteiger partial charge in [-0.05, 0) is 25.5 Å². The summed E-state index contributed by atoms with van der Waals surface area (Å²) in [5.74, 6) is -1.37. The molecule has 1 aliphatic carbocycles. The van der Waals surface area contributed by atoms with Crippen molar-refractivity contribution in [3.63, 3.8) is 0 Å². The Bertz CT molecular complexity index is 568. The van der Waals surface area contributed by atoms with Crippen LogP contribution in [0.2, 0.25) is 0 Å². The van der Waals surface area contributed by atoms with Gasteiger partial charge < -0.3 is 15.2 Å². The van der Waals surface area contributed by atoms with Crippen LogP contribution < -0.4 is 5.32 Å². The summed E-state index contributed by atoms with van der Waals surface area (Å²) in [5.41, 5.74) is -0.160. The summed E-state index contributed by atoms with van der Waals surface area (Å²) in [6.07, 6.45) is 2.02. The number of hydrogen-bond acceptors (Lipinski definition) is 4. The van der Waals surface area contributed by atoms with Crippen molar-refractivity contribution in [3.05, 3.63) is 29.6 Å². The number of rotatable bonds is 4. The Morgan fingerprint density at radius 2 is 2.05 bits per heavy atom. The molecule has 1 amide bonds. The Morgan fingerprint density at radius 3 is 2.48 bits per heavy atom. The van der Waals surface area contributed by atoms with Gasteiger partial charge in [0.1, 0.15) is 5.69 Å². The number of carboxylic acids is 1. The predicted molar refractivity (Wildman–Crippen MR) is 76.3 cm³/mol. The SMILES string of the molecule is COC1(C)CC(NC(=O)c2ccc(C(=O)O)nc2)C1(C)C. The minimum absolute atomic E-state index is 0.00843. The van der Waals surface area contributed by atoms with Gasteiger partial charge in [0.25, 0.3) is 5.91 Å². The molecule has 1 aromatic heterocycles. The van der Waals surface area contributed by atoms with Crippen molar-refractivity contribution < 1.29 is 19.4 Å². The van der Waals surface area contributed by atoms with E-state index in [-0.39, 0.29) is 28.7 Å². The van der Waals surface area contributed by atoms with E-state index >= 15 is 0 Å². The maximum absolute atomic E-state index is 12.2. The summed E-state index contributed by atoms with van der Waals surface area (Å²) in [6, 6.07) is 2.80. The number of carboxylic acid groups (broad SMARTS) is 1. The Labute approximate surface area is 123 Å². The maximum atomic E-state index is 12.2. The standard InChI is InChI=1S/C15H20N2O4/c1-14(2)11(7-15(14,3)21-4)17-12(18)9-5-6-10(13(19)20)16-8-9/h5-6,8,11H,7H2,1-4H3,(H,17,18)(H,19,20). The lowest BCUT2D eigenvalue weighted by Gasteiger charge is -2.59. The van der Waals surface area contributed by atoms with Crippen LogP contribution in [0.15, 0.2) is 18.3 Å². The first-order chi connectivity index (χ1) is 9.71. The van der Waals surface area contributed by atoms with Crippen molar-refractivity contribution in [2.45, 2.75) is 38.8 Å². The van der Waals surface area contributed by atoms with Gasteiger partial charge in [-0.3, -0.25) is 4.79 Å². The summed E-state index contributed by atoms with van der Waals surface area (Å²) in [7, 11) is 1.67. The molecular formula is C15H20N2O4. The van der Waals surface area contributed by atoms with Crippen LogP contribution in [0.25, 0.3) is 0 Å². The highest BCUT2D eigenvalue weighted by atomic mass is 16.5. The molecule has 6 nitrogen and oxygen atoms in total. The fourth-order valence-electron chi connectivity index (χ4n) is 2.62. The van der Waals surface area contributed by atoms with E-state index in [9.17, 15) is 9.59 Å². The zero-order valence-electron chi connectivity index (χ0n) is 12.6. The van der Waals surface area contributed by atoms with Crippen molar-refractivity contribution in [2.75, 3.05) is 7.11 Å². The maximum Gasteiger partial charge on any atom is 0.354 e. The van der Waals surface area contributed by atoms with Gasteiger partial charge in [0.15, 0.2) is 0 Å². The first-order valence-electron chi connectivity index (χ1n) is 6.76. The smallest absolute Gasteiger partial charge is 0.354 e. The minimum Gasteiger partial charge on any atom is -0.477 e. The lowest BCUT2D eigenvalue weighted by atomic mass is 9.56. The number of nitrogens with zero attached hydrogens (tertiary/aromatic N) is 1. The van der Waals surface area contributed by atoms with E-state index in [4.69, 9.17) is 9.84 Å². The van der Waals surface area contributed by atoms with E-state index in [1.54, 1.807) is 7.11 Å². The molecule has 6 heteroatoms. The number of carbonyl (C=O) groups excluding carboxylic acids is 1. The van der Waals surface area contributed by atoms with E-state index in [1.807, 2.05) is 6.92 Å². The molecule has 1 aliphatic rings. The van der Waals surface area contributed by atoms with Gasteiger partial charge in [-0.15, -0.1) is 0 Å². The number of carbonyl (C=O) groups is 2. The van der Waals surface area contributed by atoms with Gasteiger partial charge in [0, 0.05) is 24.8 Å². The van der Waals surface area contributed by atoms with Crippen LogP contribution in [0.3, 0.4) is 0 Å². The third-order valence-electron chi connectivity index (χ3n) is 4.83. The largest absolute Gasteiger partial charge is 0.477 e. The average Bonchev–Trinajstić information content (AvgIpc) is 2.46. The number of aromatic nitrogens is 1. The van der Waals surface area contributed by atoms with Gasteiger partial charge in [-0.25, -0.2) is 9.78 Å². The Kier molecular flexibility index (Phi) is 3.76. The first kappa shape index (κ1) is 15.4. The highest BCUT2D eigenvalue weighted by Gasteiger charge is 2.58. The average molecular weight is 292 g/mol. The molecule has 1 aromatic rings. The molecule has 0 saturated heterocycles. The number of methoxy groups -OCH3 is 1. The Hall–Kier alpha value is -1.95.